The normalized spacial score (nSPS) is 13.3. The fraction of sp³-hybridized carbons (Fsp3) is 0.333. The number of H-pyrrole nitrogens is 1. The second-order valence-corrected chi connectivity index (χ2v) is 7.60. The van der Waals surface area contributed by atoms with Crippen LogP contribution in [0, 0.1) is 5.82 Å². The van der Waals surface area contributed by atoms with E-state index in [4.69, 9.17) is 4.74 Å². The van der Waals surface area contributed by atoms with Crippen LogP contribution < -0.4 is 20.3 Å². The third-order valence-electron chi connectivity index (χ3n) is 5.38. The molecule has 0 spiro atoms. The molecule has 33 heavy (non-hydrogen) atoms. The maximum absolute atomic E-state index is 13.4. The van der Waals surface area contributed by atoms with Gasteiger partial charge in [0.15, 0.2) is 12.6 Å². The molecule has 3 aromatic rings. The Balaban J connectivity index is 0.00000306. The summed E-state index contributed by atoms with van der Waals surface area (Å²) in [6.45, 7) is 4.74. The number of ether oxygens (including phenoxy) is 1. The smallest absolute Gasteiger partial charge is 0.265 e. The Morgan fingerprint density at radius 1 is 1.24 bits per heavy atom. The van der Waals surface area contributed by atoms with Crippen molar-refractivity contribution >= 4 is 52.4 Å². The molecule has 0 radical (unpaired) electrons. The van der Waals surface area contributed by atoms with Crippen LogP contribution in [0.3, 0.4) is 0 Å². The quantitative estimate of drug-likeness (QED) is 0.168. The Bertz CT molecular complexity index is 1120. The lowest BCUT2D eigenvalue weighted by molar-refractivity contribution is -0.121. The summed E-state index contributed by atoms with van der Waals surface area (Å²) < 4.78 is 18.9. The first kappa shape index (κ1) is 24.8. The van der Waals surface area contributed by atoms with Gasteiger partial charge in [0.05, 0.1) is 5.69 Å². The SMILES string of the molecule is CCNC(=NCCCN1C(=O)COc2ccccc21)NCCc1c[nH]c2cc(F)ccc12.I. The molecule has 2 aromatic carbocycles. The van der Waals surface area contributed by atoms with Gasteiger partial charge in [0, 0.05) is 43.3 Å². The Hall–Kier alpha value is -2.82. The van der Waals surface area contributed by atoms with E-state index in [0.29, 0.717) is 19.6 Å². The van der Waals surface area contributed by atoms with Gasteiger partial charge in [-0.05, 0) is 55.7 Å². The Morgan fingerprint density at radius 2 is 2.09 bits per heavy atom. The molecule has 7 nitrogen and oxygen atoms in total. The number of aromatic nitrogens is 1. The summed E-state index contributed by atoms with van der Waals surface area (Å²) in [5, 5.41) is 7.63. The van der Waals surface area contributed by atoms with Crippen LogP contribution in [0.1, 0.15) is 18.9 Å². The zero-order chi connectivity index (χ0) is 22.3. The van der Waals surface area contributed by atoms with Crippen molar-refractivity contribution in [2.45, 2.75) is 19.8 Å². The van der Waals surface area contributed by atoms with E-state index >= 15 is 0 Å². The summed E-state index contributed by atoms with van der Waals surface area (Å²) in [5.41, 5.74) is 2.75. The fourth-order valence-electron chi connectivity index (χ4n) is 3.84. The van der Waals surface area contributed by atoms with Crippen LogP contribution in [0.15, 0.2) is 53.7 Å². The topological polar surface area (TPSA) is 81.8 Å². The summed E-state index contributed by atoms with van der Waals surface area (Å²) in [6, 6.07) is 12.4. The van der Waals surface area contributed by atoms with Gasteiger partial charge in [-0.1, -0.05) is 12.1 Å². The average Bonchev–Trinajstić information content (AvgIpc) is 3.19. The maximum atomic E-state index is 13.4. The summed E-state index contributed by atoms with van der Waals surface area (Å²) in [6.07, 6.45) is 3.45. The van der Waals surface area contributed by atoms with Crippen LogP contribution in [-0.2, 0) is 11.2 Å². The number of anilines is 1. The standard InChI is InChI=1S/C24H28FN5O2.HI/c1-2-26-24(28-12-10-17-15-29-20-14-18(25)8-9-19(17)20)27-11-5-13-30-21-6-3-4-7-22(21)32-16-23(30)31;/h3-4,6-9,14-15,29H,2,5,10-13,16H2,1H3,(H2,26,27,28);1H. The minimum absolute atomic E-state index is 0. The van der Waals surface area contributed by atoms with Gasteiger partial charge < -0.3 is 25.3 Å². The summed E-state index contributed by atoms with van der Waals surface area (Å²) in [4.78, 5) is 21.8. The number of rotatable bonds is 8. The number of para-hydroxylation sites is 2. The minimum Gasteiger partial charge on any atom is -0.482 e. The van der Waals surface area contributed by atoms with E-state index in [9.17, 15) is 9.18 Å². The Kier molecular flexibility index (Phi) is 8.93. The molecule has 1 amide bonds. The van der Waals surface area contributed by atoms with Gasteiger partial charge in [0.2, 0.25) is 0 Å². The number of carbonyl (C=O) groups excluding carboxylic acids is 1. The lowest BCUT2D eigenvalue weighted by Gasteiger charge is -2.29. The molecular weight excluding hydrogens is 536 g/mol. The van der Waals surface area contributed by atoms with E-state index in [1.54, 1.807) is 11.0 Å². The largest absolute Gasteiger partial charge is 0.482 e. The summed E-state index contributed by atoms with van der Waals surface area (Å²) >= 11 is 0. The molecular formula is C24H29FIN5O2. The van der Waals surface area contributed by atoms with Gasteiger partial charge in [-0.25, -0.2) is 4.39 Å². The molecule has 0 bridgehead atoms. The Morgan fingerprint density at radius 3 is 2.94 bits per heavy atom. The number of nitrogens with zero attached hydrogens (tertiary/aromatic N) is 2. The lowest BCUT2D eigenvalue weighted by Crippen LogP contribution is -2.40. The predicted octanol–water partition coefficient (Wildman–Crippen LogP) is 3.84. The highest BCUT2D eigenvalue weighted by molar-refractivity contribution is 14.0. The van der Waals surface area contributed by atoms with Crippen LogP contribution in [0.5, 0.6) is 5.75 Å². The second kappa shape index (κ2) is 11.9. The number of nitrogens with one attached hydrogen (secondary N) is 3. The molecule has 0 atom stereocenters. The van der Waals surface area contributed by atoms with E-state index in [2.05, 4.69) is 20.6 Å². The van der Waals surface area contributed by atoms with Crippen molar-refractivity contribution in [2.24, 2.45) is 4.99 Å². The molecule has 176 valence electrons. The first-order valence-electron chi connectivity index (χ1n) is 11.0. The van der Waals surface area contributed by atoms with Gasteiger partial charge in [-0.2, -0.15) is 0 Å². The summed E-state index contributed by atoms with van der Waals surface area (Å²) in [7, 11) is 0. The number of hydrogen-bond donors (Lipinski definition) is 3. The molecule has 0 saturated heterocycles. The fourth-order valence-corrected chi connectivity index (χ4v) is 3.84. The van der Waals surface area contributed by atoms with E-state index in [0.717, 1.165) is 53.2 Å². The van der Waals surface area contributed by atoms with Gasteiger partial charge in [0.25, 0.3) is 5.91 Å². The molecule has 0 aliphatic carbocycles. The van der Waals surface area contributed by atoms with Crippen LogP contribution in [0.25, 0.3) is 10.9 Å². The van der Waals surface area contributed by atoms with Crippen LogP contribution in [0.4, 0.5) is 10.1 Å². The van der Waals surface area contributed by atoms with Gasteiger partial charge in [-0.3, -0.25) is 9.79 Å². The molecule has 2 heterocycles. The minimum atomic E-state index is -0.243. The second-order valence-electron chi connectivity index (χ2n) is 7.60. The summed E-state index contributed by atoms with van der Waals surface area (Å²) in [5.74, 6) is 1.21. The molecule has 0 saturated carbocycles. The number of guanidine groups is 1. The maximum Gasteiger partial charge on any atom is 0.265 e. The molecule has 1 aliphatic heterocycles. The van der Waals surface area contributed by atoms with Crippen molar-refractivity contribution in [1.29, 1.82) is 0 Å². The first-order valence-corrected chi connectivity index (χ1v) is 11.0. The van der Waals surface area contributed by atoms with Gasteiger partial charge >= 0.3 is 0 Å². The van der Waals surface area contributed by atoms with Crippen molar-refractivity contribution in [3.05, 3.63) is 60.0 Å². The number of hydrogen-bond acceptors (Lipinski definition) is 3. The van der Waals surface area contributed by atoms with Crippen LogP contribution >= 0.6 is 24.0 Å². The number of fused-ring (bicyclic) bond motifs is 2. The molecule has 0 unspecified atom stereocenters. The molecule has 1 aromatic heterocycles. The van der Waals surface area contributed by atoms with Crippen molar-refractivity contribution < 1.29 is 13.9 Å². The molecule has 1 aliphatic rings. The number of benzene rings is 2. The van der Waals surface area contributed by atoms with E-state index in [1.807, 2.05) is 37.4 Å². The van der Waals surface area contributed by atoms with Crippen LogP contribution in [-0.4, -0.2) is 49.6 Å². The number of carbonyl (C=O) groups is 1. The number of halogens is 2. The third-order valence-corrected chi connectivity index (χ3v) is 5.38. The van der Waals surface area contributed by atoms with Crippen molar-refractivity contribution in [1.82, 2.24) is 15.6 Å². The number of amides is 1. The molecule has 4 rings (SSSR count). The number of aromatic amines is 1. The van der Waals surface area contributed by atoms with E-state index < -0.39 is 0 Å². The van der Waals surface area contributed by atoms with E-state index in [-0.39, 0.29) is 42.3 Å². The van der Waals surface area contributed by atoms with Crippen molar-refractivity contribution in [3.8, 4) is 5.75 Å². The molecule has 9 heteroatoms. The van der Waals surface area contributed by atoms with Crippen molar-refractivity contribution in [2.75, 3.05) is 37.7 Å². The molecule has 3 N–H and O–H groups in total. The highest BCUT2D eigenvalue weighted by atomic mass is 127. The zero-order valence-electron chi connectivity index (χ0n) is 18.6. The monoisotopic (exact) mass is 565 g/mol. The van der Waals surface area contributed by atoms with E-state index in [1.165, 1.54) is 12.1 Å². The molecule has 0 fully saturated rings. The predicted molar refractivity (Wildman–Crippen MR) is 140 cm³/mol. The van der Waals surface area contributed by atoms with Crippen LogP contribution in [0.2, 0.25) is 0 Å². The number of aliphatic imine (C=N–C) groups is 1. The highest BCUT2D eigenvalue weighted by Crippen LogP contribution is 2.31. The zero-order valence-corrected chi connectivity index (χ0v) is 20.9. The highest BCUT2D eigenvalue weighted by Gasteiger charge is 2.24. The van der Waals surface area contributed by atoms with Crippen molar-refractivity contribution in [3.63, 3.8) is 0 Å². The Labute approximate surface area is 209 Å². The average molecular weight is 565 g/mol. The van der Waals surface area contributed by atoms with Gasteiger partial charge in [-0.15, -0.1) is 24.0 Å². The van der Waals surface area contributed by atoms with Gasteiger partial charge in [0.1, 0.15) is 11.6 Å². The first-order chi connectivity index (χ1) is 15.7. The third kappa shape index (κ3) is 6.16. The lowest BCUT2D eigenvalue weighted by atomic mass is 10.1.